The molecule has 1 aliphatic rings. The summed E-state index contributed by atoms with van der Waals surface area (Å²) in [7, 11) is 0. The summed E-state index contributed by atoms with van der Waals surface area (Å²) in [6.07, 6.45) is 4.86. The lowest BCUT2D eigenvalue weighted by Crippen LogP contribution is -2.22. The van der Waals surface area contributed by atoms with Crippen LogP contribution in [0.15, 0.2) is 30.6 Å². The number of fused-ring (bicyclic) bond motifs is 1. The lowest BCUT2D eigenvalue weighted by molar-refractivity contribution is -0.144. The average Bonchev–Trinajstić information content (AvgIpc) is 2.94. The summed E-state index contributed by atoms with van der Waals surface area (Å²) in [5.41, 5.74) is 0.961. The Morgan fingerprint density at radius 2 is 2.24 bits per heavy atom. The Kier molecular flexibility index (Phi) is 2.35. The normalized spacial score (nSPS) is 16.2. The zero-order valence-corrected chi connectivity index (χ0v) is 11.0. The number of nitrogens with zero attached hydrogens (tertiary/aromatic N) is 6. The van der Waals surface area contributed by atoms with Crippen molar-refractivity contribution in [1.82, 2.24) is 29.8 Å². The van der Waals surface area contributed by atoms with Gasteiger partial charge in [-0.1, -0.05) is 6.07 Å². The maximum Gasteiger partial charge on any atom is 0.311 e. The first-order valence-corrected chi connectivity index (χ1v) is 6.62. The fourth-order valence-electron chi connectivity index (χ4n) is 2.49. The molecule has 8 heteroatoms. The van der Waals surface area contributed by atoms with Gasteiger partial charge in [-0.25, -0.2) is 9.20 Å². The van der Waals surface area contributed by atoms with Crippen LogP contribution in [0.5, 0.6) is 0 Å². The smallest absolute Gasteiger partial charge is 0.311 e. The lowest BCUT2D eigenvalue weighted by Gasteiger charge is -2.10. The average molecular weight is 284 g/mol. The van der Waals surface area contributed by atoms with E-state index >= 15 is 0 Å². The Balaban J connectivity index is 1.77. The molecule has 3 heterocycles. The Bertz CT molecular complexity index is 832. The molecule has 21 heavy (non-hydrogen) atoms. The van der Waals surface area contributed by atoms with E-state index in [0.717, 1.165) is 11.1 Å². The molecule has 1 fully saturated rings. The van der Waals surface area contributed by atoms with E-state index in [1.54, 1.807) is 15.4 Å². The van der Waals surface area contributed by atoms with Gasteiger partial charge in [-0.3, -0.25) is 4.79 Å². The highest BCUT2D eigenvalue weighted by molar-refractivity contribution is 5.78. The second-order valence-electron chi connectivity index (χ2n) is 5.33. The van der Waals surface area contributed by atoms with Crippen molar-refractivity contribution >= 4 is 11.5 Å². The van der Waals surface area contributed by atoms with Crippen molar-refractivity contribution in [2.24, 2.45) is 5.41 Å². The van der Waals surface area contributed by atoms with Gasteiger partial charge >= 0.3 is 5.97 Å². The van der Waals surface area contributed by atoms with Gasteiger partial charge in [0.05, 0.1) is 29.2 Å². The number of tetrazole rings is 1. The number of hydrogen-bond acceptors (Lipinski definition) is 5. The fourth-order valence-corrected chi connectivity index (χ4v) is 2.49. The minimum atomic E-state index is -0.788. The predicted octanol–water partition coefficient (Wildman–Crippen LogP) is 0.853. The van der Waals surface area contributed by atoms with Gasteiger partial charge in [-0.2, -0.15) is 5.10 Å². The molecule has 1 aliphatic carbocycles. The van der Waals surface area contributed by atoms with Gasteiger partial charge in [0, 0.05) is 6.20 Å². The fraction of sp³-hybridized carbons (Fsp3) is 0.308. The van der Waals surface area contributed by atoms with Gasteiger partial charge in [0.1, 0.15) is 0 Å². The number of hydrogen-bond donors (Lipinski definition) is 1. The van der Waals surface area contributed by atoms with E-state index in [2.05, 4.69) is 20.6 Å². The van der Waals surface area contributed by atoms with Gasteiger partial charge in [-0.15, -0.1) is 5.10 Å². The Labute approximate surface area is 119 Å². The van der Waals surface area contributed by atoms with Crippen LogP contribution in [-0.4, -0.2) is 40.9 Å². The van der Waals surface area contributed by atoms with Crippen LogP contribution in [0, 0.1) is 5.41 Å². The van der Waals surface area contributed by atoms with Crippen LogP contribution >= 0.6 is 0 Å². The van der Waals surface area contributed by atoms with Gasteiger partial charge in [0.15, 0.2) is 5.82 Å². The SMILES string of the molecule is O=C(O)C1(Cn2nnnc2-c2cnn3ccccc23)CC1. The minimum absolute atomic E-state index is 0.287. The van der Waals surface area contributed by atoms with Crippen LogP contribution in [0.25, 0.3) is 16.9 Å². The van der Waals surface area contributed by atoms with E-state index in [9.17, 15) is 9.90 Å². The maximum atomic E-state index is 11.3. The monoisotopic (exact) mass is 284 g/mol. The third kappa shape index (κ3) is 1.79. The highest BCUT2D eigenvalue weighted by atomic mass is 16.4. The third-order valence-electron chi connectivity index (χ3n) is 3.96. The number of rotatable bonds is 4. The van der Waals surface area contributed by atoms with Crippen LogP contribution in [0.1, 0.15) is 12.8 Å². The molecular weight excluding hydrogens is 272 g/mol. The molecule has 0 aliphatic heterocycles. The van der Waals surface area contributed by atoms with Crippen molar-refractivity contribution in [2.45, 2.75) is 19.4 Å². The Morgan fingerprint density at radius 3 is 3.00 bits per heavy atom. The number of carboxylic acid groups (broad SMARTS) is 1. The second-order valence-corrected chi connectivity index (χ2v) is 5.33. The minimum Gasteiger partial charge on any atom is -0.481 e. The molecule has 0 atom stereocenters. The Hall–Kier alpha value is -2.77. The molecule has 106 valence electrons. The molecule has 0 amide bonds. The molecule has 1 saturated carbocycles. The van der Waals surface area contributed by atoms with E-state index in [1.807, 2.05) is 24.4 Å². The van der Waals surface area contributed by atoms with Crippen LogP contribution in [0.4, 0.5) is 0 Å². The standard InChI is InChI=1S/C13H12N6O2/c20-12(21)13(4-5-13)8-19-11(15-16-17-19)9-7-14-18-6-2-1-3-10(9)18/h1-3,6-7H,4-5,8H2,(H,20,21). The number of carbonyl (C=O) groups is 1. The molecule has 3 aromatic rings. The van der Waals surface area contributed by atoms with Gasteiger partial charge in [-0.05, 0) is 35.4 Å². The van der Waals surface area contributed by atoms with E-state index in [4.69, 9.17) is 0 Å². The molecule has 0 radical (unpaired) electrons. The largest absolute Gasteiger partial charge is 0.481 e. The van der Waals surface area contributed by atoms with Crippen molar-refractivity contribution in [1.29, 1.82) is 0 Å². The summed E-state index contributed by atoms with van der Waals surface area (Å²) >= 11 is 0. The van der Waals surface area contributed by atoms with Crippen molar-refractivity contribution in [2.75, 3.05) is 0 Å². The third-order valence-corrected chi connectivity index (χ3v) is 3.96. The number of pyridine rings is 1. The molecule has 0 spiro atoms. The first kappa shape index (κ1) is 12.0. The molecule has 0 unspecified atom stereocenters. The van der Waals surface area contributed by atoms with Crippen molar-refractivity contribution in [3.05, 3.63) is 30.6 Å². The number of aliphatic carboxylic acids is 1. The predicted molar refractivity (Wildman–Crippen MR) is 71.3 cm³/mol. The van der Waals surface area contributed by atoms with E-state index in [-0.39, 0.29) is 6.54 Å². The first-order valence-electron chi connectivity index (χ1n) is 6.62. The first-order chi connectivity index (χ1) is 10.2. The number of carboxylic acids is 1. The molecule has 4 rings (SSSR count). The highest BCUT2D eigenvalue weighted by Gasteiger charge is 2.51. The van der Waals surface area contributed by atoms with E-state index < -0.39 is 11.4 Å². The van der Waals surface area contributed by atoms with Crippen LogP contribution in [0.3, 0.4) is 0 Å². The summed E-state index contributed by atoms with van der Waals surface area (Å²) in [5.74, 6) is -0.243. The molecule has 0 saturated heterocycles. The summed E-state index contributed by atoms with van der Waals surface area (Å²) in [6.45, 7) is 0.287. The van der Waals surface area contributed by atoms with Crippen molar-refractivity contribution < 1.29 is 9.90 Å². The quantitative estimate of drug-likeness (QED) is 0.762. The topological polar surface area (TPSA) is 98.2 Å². The summed E-state index contributed by atoms with van der Waals surface area (Å²) in [6, 6.07) is 5.72. The molecule has 0 aromatic carbocycles. The van der Waals surface area contributed by atoms with Crippen LogP contribution < -0.4 is 0 Å². The van der Waals surface area contributed by atoms with Crippen molar-refractivity contribution in [3.63, 3.8) is 0 Å². The lowest BCUT2D eigenvalue weighted by atomic mass is 10.1. The van der Waals surface area contributed by atoms with Gasteiger partial charge in [0.25, 0.3) is 0 Å². The van der Waals surface area contributed by atoms with E-state index in [0.29, 0.717) is 18.7 Å². The highest BCUT2D eigenvalue weighted by Crippen LogP contribution is 2.47. The summed E-state index contributed by atoms with van der Waals surface area (Å²) < 4.78 is 3.30. The van der Waals surface area contributed by atoms with Crippen molar-refractivity contribution in [3.8, 4) is 11.4 Å². The molecule has 1 N–H and O–H groups in total. The zero-order chi connectivity index (χ0) is 14.4. The van der Waals surface area contributed by atoms with Crippen LogP contribution in [0.2, 0.25) is 0 Å². The molecule has 3 aromatic heterocycles. The van der Waals surface area contributed by atoms with Crippen LogP contribution in [-0.2, 0) is 11.3 Å². The maximum absolute atomic E-state index is 11.3. The summed E-state index contributed by atoms with van der Waals surface area (Å²) in [4.78, 5) is 11.3. The van der Waals surface area contributed by atoms with E-state index in [1.165, 1.54) is 0 Å². The number of aromatic nitrogens is 6. The summed E-state index contributed by atoms with van der Waals surface area (Å²) in [5, 5.41) is 25.2. The molecule has 8 nitrogen and oxygen atoms in total. The Morgan fingerprint density at radius 1 is 1.38 bits per heavy atom. The zero-order valence-electron chi connectivity index (χ0n) is 11.0. The molecular formula is C13H12N6O2. The molecule has 0 bridgehead atoms. The van der Waals surface area contributed by atoms with Gasteiger partial charge < -0.3 is 5.11 Å². The second kappa shape index (κ2) is 4.11. The van der Waals surface area contributed by atoms with Gasteiger partial charge in [0.2, 0.25) is 0 Å².